The molecule has 1 heterocycles. The highest BCUT2D eigenvalue weighted by Gasteiger charge is 1.97. The lowest BCUT2D eigenvalue weighted by Gasteiger charge is -1.93. The van der Waals surface area contributed by atoms with Crippen LogP contribution in [0.3, 0.4) is 0 Å². The third-order valence-corrected chi connectivity index (χ3v) is 2.51. The smallest absolute Gasteiger partial charge is 0.248 e. The fraction of sp³-hybridized carbons (Fsp3) is 0. The minimum absolute atomic E-state index is 0.293. The van der Waals surface area contributed by atoms with E-state index >= 15 is 0 Å². The SMILES string of the molecule is NC(=O)C1=CC=CC=CC=CC=CC=CC=CC=CONN=NC=C1. The fourth-order valence-electron chi connectivity index (χ4n) is 1.39. The molecule has 0 aliphatic carbocycles. The first-order valence-corrected chi connectivity index (χ1v) is 7.44. The lowest BCUT2D eigenvalue weighted by molar-refractivity contribution is -0.114. The van der Waals surface area contributed by atoms with Crippen molar-refractivity contribution in [3.8, 4) is 0 Å². The summed E-state index contributed by atoms with van der Waals surface area (Å²) in [6.07, 6.45) is 29.7. The van der Waals surface area contributed by atoms with Crippen LogP contribution in [0.2, 0.25) is 0 Å². The average molecular weight is 336 g/mol. The number of nitrogens with two attached hydrogens (primary N) is 1. The van der Waals surface area contributed by atoms with Gasteiger partial charge in [-0.2, -0.15) is 0 Å². The predicted molar refractivity (Wildman–Crippen MR) is 99.5 cm³/mol. The molecule has 0 saturated carbocycles. The third kappa shape index (κ3) is 11.5. The van der Waals surface area contributed by atoms with E-state index in [2.05, 4.69) is 15.9 Å². The maximum Gasteiger partial charge on any atom is 0.248 e. The summed E-state index contributed by atoms with van der Waals surface area (Å²) in [5.74, 6) is -0.563. The fourth-order valence-corrected chi connectivity index (χ4v) is 1.39. The normalized spacial score (nSPS) is 15.8. The molecule has 1 amide bonds. The topological polar surface area (TPSA) is 89.1 Å². The van der Waals surface area contributed by atoms with Gasteiger partial charge in [-0.15, -0.1) is 10.7 Å². The number of carbonyl (C=O) groups is 1. The highest BCUT2D eigenvalue weighted by atomic mass is 16.7. The molecule has 0 radical (unpaired) electrons. The van der Waals surface area contributed by atoms with Crippen molar-refractivity contribution in [2.75, 3.05) is 0 Å². The summed E-state index contributed by atoms with van der Waals surface area (Å²) in [6, 6.07) is 0. The zero-order valence-electron chi connectivity index (χ0n) is 13.6. The van der Waals surface area contributed by atoms with Crippen molar-refractivity contribution in [2.45, 2.75) is 0 Å². The van der Waals surface area contributed by atoms with Gasteiger partial charge in [0, 0.05) is 5.57 Å². The van der Waals surface area contributed by atoms with Gasteiger partial charge in [-0.3, -0.25) is 4.79 Å². The molecule has 6 heteroatoms. The van der Waals surface area contributed by atoms with Gasteiger partial charge in [-0.1, -0.05) is 72.9 Å². The molecule has 1 aliphatic rings. The molecule has 0 aromatic rings. The van der Waals surface area contributed by atoms with E-state index in [1.807, 2.05) is 54.7 Å². The van der Waals surface area contributed by atoms with Crippen LogP contribution in [0.1, 0.15) is 0 Å². The Balaban J connectivity index is 2.82. The van der Waals surface area contributed by atoms with Crippen molar-refractivity contribution in [1.29, 1.82) is 0 Å². The van der Waals surface area contributed by atoms with E-state index < -0.39 is 5.91 Å². The average Bonchev–Trinajstić information content (AvgIpc) is 2.60. The second-order valence-corrected chi connectivity index (χ2v) is 4.36. The lowest BCUT2D eigenvalue weighted by atomic mass is 10.2. The van der Waals surface area contributed by atoms with Crippen LogP contribution >= 0.6 is 0 Å². The van der Waals surface area contributed by atoms with Gasteiger partial charge < -0.3 is 10.6 Å². The molecule has 1 aliphatic heterocycles. The monoisotopic (exact) mass is 336 g/mol. The Bertz CT molecular complexity index is 703. The molecule has 0 spiro atoms. The highest BCUT2D eigenvalue weighted by Crippen LogP contribution is 1.98. The second-order valence-electron chi connectivity index (χ2n) is 4.36. The number of allylic oxidation sites excluding steroid dienone is 14. The zero-order valence-corrected chi connectivity index (χ0v) is 13.6. The Kier molecular flexibility index (Phi) is 10.8. The van der Waals surface area contributed by atoms with Crippen LogP contribution in [-0.4, -0.2) is 5.91 Å². The first kappa shape index (κ1) is 19.4. The summed E-state index contributed by atoms with van der Waals surface area (Å²) < 4.78 is 0. The summed E-state index contributed by atoms with van der Waals surface area (Å²) in [5.41, 5.74) is 7.84. The van der Waals surface area contributed by atoms with Gasteiger partial charge in [0.05, 0.1) is 6.20 Å². The van der Waals surface area contributed by atoms with Gasteiger partial charge in [0.25, 0.3) is 0 Å². The van der Waals surface area contributed by atoms with Crippen molar-refractivity contribution in [2.24, 2.45) is 16.1 Å². The molecular formula is C19H20N4O2. The molecule has 0 saturated heterocycles. The van der Waals surface area contributed by atoms with E-state index in [4.69, 9.17) is 10.6 Å². The molecular weight excluding hydrogens is 316 g/mol. The standard InChI is InChI=1S/C19H20N4O2/c20-19(24)18-14-12-10-8-6-4-2-1-3-5-7-9-11-13-17-25-23-22-21-16-15-18/h1-17H,(H2,20,24)(H,21,23). The third-order valence-electron chi connectivity index (χ3n) is 2.51. The summed E-state index contributed by atoms with van der Waals surface area (Å²) in [5, 5.41) is 7.19. The van der Waals surface area contributed by atoms with E-state index in [0.717, 1.165) is 0 Å². The summed E-state index contributed by atoms with van der Waals surface area (Å²) in [4.78, 5) is 16.2. The second kappa shape index (κ2) is 14.0. The van der Waals surface area contributed by atoms with Crippen molar-refractivity contribution in [3.05, 3.63) is 109 Å². The van der Waals surface area contributed by atoms with Crippen molar-refractivity contribution in [1.82, 2.24) is 5.59 Å². The summed E-state index contributed by atoms with van der Waals surface area (Å²) in [6.45, 7) is 0. The molecule has 0 aromatic carbocycles. The van der Waals surface area contributed by atoms with Gasteiger partial charge in [0.15, 0.2) is 0 Å². The number of carbonyl (C=O) groups excluding carboxylic acids is 1. The molecule has 3 N–H and O–H groups in total. The Morgan fingerprint density at radius 2 is 1.36 bits per heavy atom. The molecule has 1 rings (SSSR count). The molecule has 0 fully saturated rings. The van der Waals surface area contributed by atoms with Crippen LogP contribution in [0, 0.1) is 0 Å². The zero-order chi connectivity index (χ0) is 18.0. The predicted octanol–water partition coefficient (Wildman–Crippen LogP) is 3.66. The molecule has 0 aromatic heterocycles. The van der Waals surface area contributed by atoms with Crippen molar-refractivity contribution in [3.63, 3.8) is 0 Å². The summed E-state index contributed by atoms with van der Waals surface area (Å²) >= 11 is 0. The number of nitrogens with one attached hydrogen (secondary N) is 1. The van der Waals surface area contributed by atoms with E-state index in [-0.39, 0.29) is 0 Å². The van der Waals surface area contributed by atoms with Crippen molar-refractivity contribution >= 4 is 5.91 Å². The summed E-state index contributed by atoms with van der Waals surface area (Å²) in [7, 11) is 0. The van der Waals surface area contributed by atoms with E-state index in [0.29, 0.717) is 5.57 Å². The maximum atomic E-state index is 11.3. The van der Waals surface area contributed by atoms with Gasteiger partial charge >= 0.3 is 0 Å². The highest BCUT2D eigenvalue weighted by molar-refractivity contribution is 5.95. The van der Waals surface area contributed by atoms with Gasteiger partial charge in [0.1, 0.15) is 6.26 Å². The Morgan fingerprint density at radius 3 is 1.92 bits per heavy atom. The van der Waals surface area contributed by atoms with Crippen LogP contribution in [0.25, 0.3) is 0 Å². The van der Waals surface area contributed by atoms with Gasteiger partial charge in [-0.05, 0) is 23.5 Å². The van der Waals surface area contributed by atoms with Crippen LogP contribution in [0.5, 0.6) is 0 Å². The van der Waals surface area contributed by atoms with Crippen LogP contribution in [0.15, 0.2) is 120 Å². The van der Waals surface area contributed by atoms with Gasteiger partial charge in [0.2, 0.25) is 5.91 Å². The van der Waals surface area contributed by atoms with E-state index in [1.165, 1.54) is 18.5 Å². The van der Waals surface area contributed by atoms with Crippen LogP contribution in [0.4, 0.5) is 0 Å². The van der Waals surface area contributed by atoms with Crippen LogP contribution < -0.4 is 11.3 Å². The van der Waals surface area contributed by atoms with Gasteiger partial charge in [-0.25, -0.2) is 0 Å². The number of hydrogen-bond acceptors (Lipinski definition) is 5. The minimum Gasteiger partial charge on any atom is -0.372 e. The largest absolute Gasteiger partial charge is 0.372 e. The number of primary amides is 1. The van der Waals surface area contributed by atoms with Crippen molar-refractivity contribution < 1.29 is 9.63 Å². The molecule has 0 bridgehead atoms. The minimum atomic E-state index is -0.563. The Morgan fingerprint density at radius 1 is 0.840 bits per heavy atom. The molecule has 0 unspecified atom stereocenters. The molecule has 25 heavy (non-hydrogen) atoms. The molecule has 128 valence electrons. The molecule has 6 nitrogen and oxygen atoms in total. The quantitative estimate of drug-likeness (QED) is 0.765. The number of amides is 1. The first-order chi connectivity index (χ1) is 12.3. The van der Waals surface area contributed by atoms with E-state index in [9.17, 15) is 4.79 Å². The van der Waals surface area contributed by atoms with Crippen LogP contribution in [-0.2, 0) is 9.63 Å². The van der Waals surface area contributed by atoms with E-state index in [1.54, 1.807) is 30.4 Å². The molecule has 0 atom stereocenters. The maximum absolute atomic E-state index is 11.3. The first-order valence-electron chi connectivity index (χ1n) is 7.44. The Labute approximate surface area is 147 Å². The number of rotatable bonds is 1. The Hall–Kier alpha value is -3.67. The number of hydrogen-bond donors (Lipinski definition) is 2. The lowest BCUT2D eigenvalue weighted by Crippen LogP contribution is -2.12. The number of nitrogens with zero attached hydrogens (tertiary/aromatic N) is 2.